The van der Waals surface area contributed by atoms with E-state index >= 15 is 0 Å². The van der Waals surface area contributed by atoms with E-state index in [4.69, 9.17) is 4.74 Å². The summed E-state index contributed by atoms with van der Waals surface area (Å²) in [5.41, 5.74) is 1.93. The number of hydrogen-bond donors (Lipinski definition) is 2. The van der Waals surface area contributed by atoms with Crippen LogP contribution in [-0.4, -0.2) is 62.3 Å². The zero-order valence-corrected chi connectivity index (χ0v) is 14.2. The topological polar surface area (TPSA) is 53.6 Å². The van der Waals surface area contributed by atoms with Gasteiger partial charge < -0.3 is 20.3 Å². The number of carbonyl (C=O) groups is 1. The molecular weight excluding hydrogens is 302 g/mol. The first-order valence-corrected chi connectivity index (χ1v) is 9.18. The number of nitrogens with zero attached hydrogens (tertiary/aromatic N) is 1. The van der Waals surface area contributed by atoms with Crippen molar-refractivity contribution in [2.75, 3.05) is 45.9 Å². The molecule has 0 radical (unpaired) electrons. The van der Waals surface area contributed by atoms with E-state index in [2.05, 4.69) is 22.8 Å². The molecule has 1 amide bonds. The summed E-state index contributed by atoms with van der Waals surface area (Å²) >= 11 is 0. The lowest BCUT2D eigenvalue weighted by Gasteiger charge is -2.40. The molecule has 3 saturated heterocycles. The molecule has 5 nitrogen and oxygen atoms in total. The quantitative estimate of drug-likeness (QED) is 0.870. The average Bonchev–Trinajstić information content (AvgIpc) is 3.27. The summed E-state index contributed by atoms with van der Waals surface area (Å²) in [6, 6.07) is 8.22. The Hall–Kier alpha value is -1.43. The van der Waals surface area contributed by atoms with Crippen LogP contribution in [0.3, 0.4) is 0 Å². The number of ether oxygens (including phenoxy) is 1. The fourth-order valence-electron chi connectivity index (χ4n) is 4.23. The van der Waals surface area contributed by atoms with Gasteiger partial charge in [0.15, 0.2) is 0 Å². The van der Waals surface area contributed by atoms with Gasteiger partial charge in [-0.3, -0.25) is 4.79 Å². The molecule has 0 saturated carbocycles. The van der Waals surface area contributed by atoms with Gasteiger partial charge in [-0.2, -0.15) is 0 Å². The molecule has 2 atom stereocenters. The predicted octanol–water partition coefficient (Wildman–Crippen LogP) is 1.04. The zero-order chi connectivity index (χ0) is 16.4. The third-order valence-corrected chi connectivity index (χ3v) is 5.60. The average molecular weight is 329 g/mol. The summed E-state index contributed by atoms with van der Waals surface area (Å²) in [7, 11) is 0. The summed E-state index contributed by atoms with van der Waals surface area (Å²) in [6.07, 6.45) is 3.29. The van der Waals surface area contributed by atoms with Gasteiger partial charge in [-0.05, 0) is 62.5 Å². The minimum Gasteiger partial charge on any atom is -0.370 e. The Bertz CT molecular complexity index is 592. The van der Waals surface area contributed by atoms with E-state index < -0.39 is 0 Å². The second kappa shape index (κ2) is 6.82. The lowest BCUT2D eigenvalue weighted by atomic mass is 9.96. The Morgan fingerprint density at radius 2 is 2.29 bits per heavy atom. The number of nitrogens with one attached hydrogen (secondary N) is 2. The molecule has 3 heterocycles. The Balaban J connectivity index is 1.45. The zero-order valence-electron chi connectivity index (χ0n) is 14.2. The van der Waals surface area contributed by atoms with Crippen LogP contribution in [0.25, 0.3) is 0 Å². The summed E-state index contributed by atoms with van der Waals surface area (Å²) in [6.45, 7) is 6.08. The number of rotatable bonds is 3. The van der Waals surface area contributed by atoms with Crippen LogP contribution in [0.1, 0.15) is 28.8 Å². The monoisotopic (exact) mass is 329 g/mol. The van der Waals surface area contributed by atoms with Crippen molar-refractivity contribution in [3.63, 3.8) is 0 Å². The van der Waals surface area contributed by atoms with Crippen molar-refractivity contribution in [3.8, 4) is 0 Å². The Labute approximate surface area is 143 Å². The van der Waals surface area contributed by atoms with E-state index in [9.17, 15) is 4.79 Å². The molecular formula is C19H27N3O2. The summed E-state index contributed by atoms with van der Waals surface area (Å²) < 4.78 is 5.99. The maximum atomic E-state index is 13.0. The van der Waals surface area contributed by atoms with Crippen LogP contribution in [0.2, 0.25) is 0 Å². The van der Waals surface area contributed by atoms with Crippen molar-refractivity contribution < 1.29 is 9.53 Å². The summed E-state index contributed by atoms with van der Waals surface area (Å²) in [5.74, 6) is 0.850. The molecule has 1 aromatic rings. The van der Waals surface area contributed by atoms with Crippen LogP contribution in [0, 0.1) is 5.92 Å². The number of amides is 1. The molecule has 1 spiro atoms. The highest BCUT2D eigenvalue weighted by Crippen LogP contribution is 2.26. The van der Waals surface area contributed by atoms with Crippen LogP contribution in [0.15, 0.2) is 24.3 Å². The first kappa shape index (κ1) is 16.1. The standard InChI is InChI=1S/C19H27N3O2/c23-18(22-8-9-24-19(14-22)5-7-21-13-19)17-3-1-2-15(11-17)10-16-4-6-20-12-16/h1-3,11,16,20-21H,4-10,12-14H2. The highest BCUT2D eigenvalue weighted by Gasteiger charge is 2.40. The van der Waals surface area contributed by atoms with E-state index in [0.29, 0.717) is 25.6 Å². The van der Waals surface area contributed by atoms with Crippen molar-refractivity contribution >= 4 is 5.91 Å². The molecule has 0 bridgehead atoms. The first-order valence-electron chi connectivity index (χ1n) is 9.18. The highest BCUT2D eigenvalue weighted by atomic mass is 16.5. The molecule has 3 fully saturated rings. The second-order valence-corrected chi connectivity index (χ2v) is 7.45. The normalized spacial score (nSPS) is 30.2. The maximum absolute atomic E-state index is 13.0. The van der Waals surface area contributed by atoms with E-state index in [1.54, 1.807) is 0 Å². The Kier molecular flexibility index (Phi) is 4.57. The van der Waals surface area contributed by atoms with Crippen LogP contribution in [-0.2, 0) is 11.2 Å². The molecule has 2 unspecified atom stereocenters. The van der Waals surface area contributed by atoms with Gasteiger partial charge in [0.1, 0.15) is 0 Å². The molecule has 2 N–H and O–H groups in total. The number of hydrogen-bond acceptors (Lipinski definition) is 4. The van der Waals surface area contributed by atoms with Gasteiger partial charge in [-0.15, -0.1) is 0 Å². The van der Waals surface area contributed by atoms with Crippen molar-refractivity contribution in [1.29, 1.82) is 0 Å². The van der Waals surface area contributed by atoms with Gasteiger partial charge >= 0.3 is 0 Å². The minimum absolute atomic E-state index is 0.149. The van der Waals surface area contributed by atoms with Gasteiger partial charge in [-0.1, -0.05) is 12.1 Å². The first-order chi connectivity index (χ1) is 11.7. The van der Waals surface area contributed by atoms with E-state index in [0.717, 1.165) is 44.6 Å². The van der Waals surface area contributed by atoms with Crippen molar-refractivity contribution in [2.24, 2.45) is 5.92 Å². The molecule has 3 aliphatic heterocycles. The predicted molar refractivity (Wildman–Crippen MR) is 93.2 cm³/mol. The molecule has 130 valence electrons. The SMILES string of the molecule is O=C(c1cccc(CC2CCNC2)c1)N1CCOC2(CCNC2)C1. The Morgan fingerprint density at radius 1 is 1.33 bits per heavy atom. The van der Waals surface area contributed by atoms with E-state index in [1.807, 2.05) is 17.0 Å². The summed E-state index contributed by atoms with van der Waals surface area (Å²) in [4.78, 5) is 14.9. The Morgan fingerprint density at radius 3 is 3.08 bits per heavy atom. The lowest BCUT2D eigenvalue weighted by molar-refractivity contribution is -0.0866. The minimum atomic E-state index is -0.166. The maximum Gasteiger partial charge on any atom is 0.254 e. The van der Waals surface area contributed by atoms with Crippen molar-refractivity contribution in [2.45, 2.75) is 24.9 Å². The number of morpholine rings is 1. The van der Waals surface area contributed by atoms with Crippen molar-refractivity contribution in [3.05, 3.63) is 35.4 Å². The van der Waals surface area contributed by atoms with Crippen LogP contribution >= 0.6 is 0 Å². The smallest absolute Gasteiger partial charge is 0.254 e. The second-order valence-electron chi connectivity index (χ2n) is 7.45. The third-order valence-electron chi connectivity index (χ3n) is 5.60. The van der Waals surface area contributed by atoms with Crippen molar-refractivity contribution in [1.82, 2.24) is 15.5 Å². The molecule has 0 aliphatic carbocycles. The van der Waals surface area contributed by atoms with Crippen LogP contribution < -0.4 is 10.6 Å². The fraction of sp³-hybridized carbons (Fsp3) is 0.632. The molecule has 0 aromatic heterocycles. The van der Waals surface area contributed by atoms with Crippen LogP contribution in [0.4, 0.5) is 0 Å². The molecule has 5 heteroatoms. The van der Waals surface area contributed by atoms with Gasteiger partial charge in [0.25, 0.3) is 5.91 Å². The summed E-state index contributed by atoms with van der Waals surface area (Å²) in [5, 5.41) is 6.78. The largest absolute Gasteiger partial charge is 0.370 e. The van der Waals surface area contributed by atoms with Gasteiger partial charge in [0, 0.05) is 18.7 Å². The van der Waals surface area contributed by atoms with E-state index in [1.165, 1.54) is 12.0 Å². The molecule has 1 aromatic carbocycles. The van der Waals surface area contributed by atoms with Gasteiger partial charge in [0.05, 0.1) is 18.8 Å². The molecule has 24 heavy (non-hydrogen) atoms. The van der Waals surface area contributed by atoms with Gasteiger partial charge in [0.2, 0.25) is 0 Å². The molecule has 3 aliphatic rings. The highest BCUT2D eigenvalue weighted by molar-refractivity contribution is 5.94. The molecule has 4 rings (SSSR count). The lowest BCUT2D eigenvalue weighted by Crippen LogP contribution is -2.54. The third kappa shape index (κ3) is 3.34. The van der Waals surface area contributed by atoms with Gasteiger partial charge in [-0.25, -0.2) is 0 Å². The number of benzene rings is 1. The fourth-order valence-corrected chi connectivity index (χ4v) is 4.23. The number of carbonyl (C=O) groups excluding carboxylic acids is 1. The van der Waals surface area contributed by atoms with E-state index in [-0.39, 0.29) is 11.5 Å². The van der Waals surface area contributed by atoms with Crippen LogP contribution in [0.5, 0.6) is 0 Å².